The zero-order valence-corrected chi connectivity index (χ0v) is 13.1. The van der Waals surface area contributed by atoms with Crippen LogP contribution >= 0.6 is 0 Å². The number of benzene rings is 1. The maximum atomic E-state index is 11.7. The largest absolute Gasteiger partial charge is 0.497 e. The summed E-state index contributed by atoms with van der Waals surface area (Å²) in [6, 6.07) is 9.17. The quantitative estimate of drug-likeness (QED) is 0.857. The van der Waals surface area contributed by atoms with Gasteiger partial charge in [0.2, 0.25) is 5.91 Å². The third kappa shape index (κ3) is 3.71. The van der Waals surface area contributed by atoms with Gasteiger partial charge in [0.05, 0.1) is 31.8 Å². The highest BCUT2D eigenvalue weighted by Crippen LogP contribution is 2.32. The van der Waals surface area contributed by atoms with E-state index in [1.54, 1.807) is 32.5 Å². The van der Waals surface area contributed by atoms with Crippen LogP contribution in [0, 0.1) is 5.92 Å². The standard InChI is InChI=1S/C17H19N3O3/c1-22-13-6-7-14(15(9-13)23-2)19-12-5-8-16(18-10-12)20-17(21)11-3-4-11/h5-11,19H,3-4H2,1-2H3,(H,18,20,21). The second kappa shape index (κ2) is 6.56. The Morgan fingerprint density at radius 3 is 2.61 bits per heavy atom. The molecule has 1 aliphatic rings. The highest BCUT2D eigenvalue weighted by Gasteiger charge is 2.29. The Kier molecular flexibility index (Phi) is 4.32. The van der Waals surface area contributed by atoms with E-state index in [2.05, 4.69) is 15.6 Å². The molecule has 1 aromatic carbocycles. The van der Waals surface area contributed by atoms with E-state index in [0.717, 1.165) is 30.0 Å². The Labute approximate surface area is 134 Å². The third-order valence-corrected chi connectivity index (χ3v) is 3.65. The summed E-state index contributed by atoms with van der Waals surface area (Å²) >= 11 is 0. The molecule has 0 radical (unpaired) electrons. The van der Waals surface area contributed by atoms with Gasteiger partial charge in [0.25, 0.3) is 0 Å². The molecule has 1 amide bonds. The first-order chi connectivity index (χ1) is 11.2. The maximum absolute atomic E-state index is 11.7. The van der Waals surface area contributed by atoms with Crippen molar-refractivity contribution < 1.29 is 14.3 Å². The van der Waals surface area contributed by atoms with Crippen LogP contribution in [-0.4, -0.2) is 25.1 Å². The van der Waals surface area contributed by atoms with Gasteiger partial charge >= 0.3 is 0 Å². The normalized spacial score (nSPS) is 13.3. The lowest BCUT2D eigenvalue weighted by molar-refractivity contribution is -0.117. The highest BCUT2D eigenvalue weighted by atomic mass is 16.5. The van der Waals surface area contributed by atoms with E-state index in [4.69, 9.17) is 9.47 Å². The van der Waals surface area contributed by atoms with Gasteiger partial charge in [-0.2, -0.15) is 0 Å². The smallest absolute Gasteiger partial charge is 0.228 e. The molecule has 1 heterocycles. The van der Waals surface area contributed by atoms with Gasteiger partial charge in [-0.05, 0) is 37.1 Å². The number of amides is 1. The van der Waals surface area contributed by atoms with Crippen LogP contribution in [0.3, 0.4) is 0 Å². The number of hydrogen-bond donors (Lipinski definition) is 2. The number of carbonyl (C=O) groups excluding carboxylic acids is 1. The predicted octanol–water partition coefficient (Wildman–Crippen LogP) is 3.19. The second-order valence-electron chi connectivity index (χ2n) is 5.39. The number of anilines is 3. The summed E-state index contributed by atoms with van der Waals surface area (Å²) in [6.45, 7) is 0. The lowest BCUT2D eigenvalue weighted by Crippen LogP contribution is -2.14. The summed E-state index contributed by atoms with van der Waals surface area (Å²) < 4.78 is 10.5. The summed E-state index contributed by atoms with van der Waals surface area (Å²) in [5.41, 5.74) is 1.61. The van der Waals surface area contributed by atoms with E-state index >= 15 is 0 Å². The molecule has 1 fully saturated rings. The number of rotatable bonds is 6. The van der Waals surface area contributed by atoms with Crippen LogP contribution in [0.5, 0.6) is 11.5 Å². The highest BCUT2D eigenvalue weighted by molar-refractivity contribution is 5.93. The van der Waals surface area contributed by atoms with Crippen LogP contribution in [0.15, 0.2) is 36.5 Å². The molecule has 120 valence electrons. The van der Waals surface area contributed by atoms with Gasteiger partial charge < -0.3 is 20.1 Å². The van der Waals surface area contributed by atoms with E-state index in [9.17, 15) is 4.79 Å². The van der Waals surface area contributed by atoms with Crippen molar-refractivity contribution >= 4 is 23.1 Å². The molecule has 1 saturated carbocycles. The van der Waals surface area contributed by atoms with E-state index in [1.807, 2.05) is 18.2 Å². The van der Waals surface area contributed by atoms with Crippen molar-refractivity contribution in [2.75, 3.05) is 24.9 Å². The van der Waals surface area contributed by atoms with E-state index in [1.165, 1.54) is 0 Å². The van der Waals surface area contributed by atoms with Gasteiger partial charge in [0.15, 0.2) is 0 Å². The van der Waals surface area contributed by atoms with Crippen LogP contribution < -0.4 is 20.1 Å². The van der Waals surface area contributed by atoms with Crippen molar-refractivity contribution in [2.24, 2.45) is 5.92 Å². The van der Waals surface area contributed by atoms with Gasteiger partial charge in [-0.3, -0.25) is 4.79 Å². The minimum atomic E-state index is 0.0510. The topological polar surface area (TPSA) is 72.5 Å². The SMILES string of the molecule is COc1ccc(Nc2ccc(NC(=O)C3CC3)nc2)c(OC)c1. The Morgan fingerprint density at radius 1 is 1.17 bits per heavy atom. The molecular formula is C17H19N3O3. The number of methoxy groups -OCH3 is 2. The summed E-state index contributed by atoms with van der Waals surface area (Å²) in [5.74, 6) is 2.18. The van der Waals surface area contributed by atoms with Crippen molar-refractivity contribution in [2.45, 2.75) is 12.8 Å². The number of pyridine rings is 1. The minimum absolute atomic E-state index is 0.0510. The first-order valence-corrected chi connectivity index (χ1v) is 7.45. The molecule has 0 unspecified atom stereocenters. The first-order valence-electron chi connectivity index (χ1n) is 7.45. The average molecular weight is 313 g/mol. The van der Waals surface area contributed by atoms with Crippen molar-refractivity contribution in [3.8, 4) is 11.5 Å². The number of nitrogens with one attached hydrogen (secondary N) is 2. The molecular weight excluding hydrogens is 294 g/mol. The van der Waals surface area contributed by atoms with Gasteiger partial charge in [-0.1, -0.05) is 0 Å². The molecule has 6 nitrogen and oxygen atoms in total. The maximum Gasteiger partial charge on any atom is 0.228 e. The van der Waals surface area contributed by atoms with Crippen molar-refractivity contribution in [1.82, 2.24) is 4.98 Å². The second-order valence-corrected chi connectivity index (χ2v) is 5.39. The van der Waals surface area contributed by atoms with Gasteiger partial charge in [0.1, 0.15) is 17.3 Å². The fourth-order valence-corrected chi connectivity index (χ4v) is 2.17. The monoisotopic (exact) mass is 313 g/mol. The number of aromatic nitrogens is 1. The molecule has 6 heteroatoms. The summed E-state index contributed by atoms with van der Waals surface area (Å²) in [4.78, 5) is 16.0. The summed E-state index contributed by atoms with van der Waals surface area (Å²) in [7, 11) is 3.22. The van der Waals surface area contributed by atoms with Gasteiger partial charge in [-0.15, -0.1) is 0 Å². The molecule has 1 aliphatic carbocycles. The molecule has 3 rings (SSSR count). The van der Waals surface area contributed by atoms with Gasteiger partial charge in [-0.25, -0.2) is 4.98 Å². The number of ether oxygens (including phenoxy) is 2. The number of carbonyl (C=O) groups is 1. The van der Waals surface area contributed by atoms with Crippen LogP contribution in [0.2, 0.25) is 0 Å². The van der Waals surface area contributed by atoms with Crippen LogP contribution in [-0.2, 0) is 4.79 Å². The fraction of sp³-hybridized carbons (Fsp3) is 0.294. The lowest BCUT2D eigenvalue weighted by Gasteiger charge is -2.12. The average Bonchev–Trinajstić information content (AvgIpc) is 3.42. The molecule has 1 aromatic heterocycles. The summed E-state index contributed by atoms with van der Waals surface area (Å²) in [5, 5.41) is 6.05. The van der Waals surface area contributed by atoms with Crippen molar-refractivity contribution in [3.05, 3.63) is 36.5 Å². The van der Waals surface area contributed by atoms with Crippen LogP contribution in [0.25, 0.3) is 0 Å². The predicted molar refractivity (Wildman–Crippen MR) is 88.4 cm³/mol. The van der Waals surface area contributed by atoms with Crippen LogP contribution in [0.4, 0.5) is 17.2 Å². The Hall–Kier alpha value is -2.76. The molecule has 0 spiro atoms. The minimum Gasteiger partial charge on any atom is -0.497 e. The zero-order chi connectivity index (χ0) is 16.2. The van der Waals surface area contributed by atoms with E-state index < -0.39 is 0 Å². The molecule has 0 saturated heterocycles. The zero-order valence-electron chi connectivity index (χ0n) is 13.1. The summed E-state index contributed by atoms with van der Waals surface area (Å²) in [6.07, 6.45) is 3.62. The molecule has 0 aliphatic heterocycles. The molecule has 23 heavy (non-hydrogen) atoms. The Balaban J connectivity index is 1.69. The Morgan fingerprint density at radius 2 is 2.00 bits per heavy atom. The van der Waals surface area contributed by atoms with Crippen molar-refractivity contribution in [1.29, 1.82) is 0 Å². The van der Waals surface area contributed by atoms with Crippen LogP contribution in [0.1, 0.15) is 12.8 Å². The number of nitrogens with zero attached hydrogens (tertiary/aromatic N) is 1. The van der Waals surface area contributed by atoms with Gasteiger partial charge in [0, 0.05) is 12.0 Å². The fourth-order valence-electron chi connectivity index (χ4n) is 2.17. The molecule has 0 atom stereocenters. The third-order valence-electron chi connectivity index (χ3n) is 3.65. The van der Waals surface area contributed by atoms with E-state index in [-0.39, 0.29) is 11.8 Å². The van der Waals surface area contributed by atoms with Crippen molar-refractivity contribution in [3.63, 3.8) is 0 Å². The lowest BCUT2D eigenvalue weighted by atomic mass is 10.2. The Bertz CT molecular complexity index is 697. The molecule has 2 N–H and O–H groups in total. The first kappa shape index (κ1) is 15.1. The molecule has 0 bridgehead atoms. The molecule has 2 aromatic rings. The van der Waals surface area contributed by atoms with E-state index in [0.29, 0.717) is 11.6 Å². The number of hydrogen-bond acceptors (Lipinski definition) is 5.